The molecule has 0 bridgehead atoms. The number of carbonyl (C=O) groups is 1. The smallest absolute Gasteiger partial charge is 0.270 e. The summed E-state index contributed by atoms with van der Waals surface area (Å²) in [6.07, 6.45) is 5.30. The van der Waals surface area contributed by atoms with Crippen LogP contribution in [0.5, 0.6) is 0 Å². The molecule has 5 aromatic rings. The molecule has 4 aromatic heterocycles. The molecule has 1 fully saturated rings. The van der Waals surface area contributed by atoms with Crippen molar-refractivity contribution in [2.24, 2.45) is 0 Å². The molecule has 186 valence electrons. The average molecular weight is 498 g/mol. The maximum Gasteiger partial charge on any atom is 0.270 e. The summed E-state index contributed by atoms with van der Waals surface area (Å²) in [5.41, 5.74) is 4.52. The average Bonchev–Trinajstić information content (AvgIpc) is 3.50. The van der Waals surface area contributed by atoms with Gasteiger partial charge in [0.2, 0.25) is 0 Å². The van der Waals surface area contributed by atoms with Crippen molar-refractivity contribution >= 4 is 17.2 Å². The summed E-state index contributed by atoms with van der Waals surface area (Å²) < 4.78 is 23.0. The zero-order chi connectivity index (χ0) is 25.4. The van der Waals surface area contributed by atoms with Crippen molar-refractivity contribution in [3.8, 4) is 17.2 Å². The monoisotopic (exact) mass is 497 g/mol. The summed E-state index contributed by atoms with van der Waals surface area (Å²) in [7, 11) is 0. The number of imidazole rings is 2. The molecule has 0 spiro atoms. The molecule has 1 saturated heterocycles. The second-order valence-electron chi connectivity index (χ2n) is 8.89. The van der Waals surface area contributed by atoms with Gasteiger partial charge in [-0.1, -0.05) is 18.2 Å². The number of halogens is 1. The minimum Gasteiger partial charge on any atom is -0.377 e. The van der Waals surface area contributed by atoms with Crippen molar-refractivity contribution in [3.05, 3.63) is 96.1 Å². The first kappa shape index (κ1) is 22.9. The molecule has 0 radical (unpaired) electrons. The molecule has 0 saturated carbocycles. The van der Waals surface area contributed by atoms with E-state index in [1.165, 1.54) is 6.07 Å². The molecule has 1 amide bonds. The highest BCUT2D eigenvalue weighted by atomic mass is 19.1. The van der Waals surface area contributed by atoms with Crippen LogP contribution in [0, 0.1) is 12.7 Å². The molecule has 37 heavy (non-hydrogen) atoms. The van der Waals surface area contributed by atoms with Gasteiger partial charge in [-0.05, 0) is 43.3 Å². The Kier molecular flexibility index (Phi) is 5.85. The van der Waals surface area contributed by atoms with Crippen LogP contribution in [0.4, 0.5) is 10.1 Å². The van der Waals surface area contributed by atoms with Gasteiger partial charge in [0.05, 0.1) is 49.1 Å². The van der Waals surface area contributed by atoms with Crippen molar-refractivity contribution in [1.82, 2.24) is 29.2 Å². The minimum absolute atomic E-state index is 0.0124. The van der Waals surface area contributed by atoms with Crippen LogP contribution in [0.1, 0.15) is 21.9 Å². The first-order chi connectivity index (χ1) is 18.0. The van der Waals surface area contributed by atoms with Gasteiger partial charge < -0.3 is 15.4 Å². The van der Waals surface area contributed by atoms with Crippen molar-refractivity contribution < 1.29 is 13.9 Å². The van der Waals surface area contributed by atoms with Crippen LogP contribution in [0.25, 0.3) is 22.9 Å². The standard InChI is InChI=1S/C27H24FN7O2/c1-17-5-4-8-23(31-17)26-32-18(11-29-22-7-3-2-6-21(22)28)13-34(26)20-9-10-25-30-12-24(35(25)14-20)27(36)33-19-15-37-16-19/h2-10,12-14,19,29H,11,15-16H2,1H3,(H,33,36). The third kappa shape index (κ3) is 4.54. The van der Waals surface area contributed by atoms with Crippen molar-refractivity contribution in [2.75, 3.05) is 18.5 Å². The van der Waals surface area contributed by atoms with E-state index in [1.54, 1.807) is 28.8 Å². The summed E-state index contributed by atoms with van der Waals surface area (Å²) >= 11 is 0. The number of aromatic nitrogens is 5. The lowest BCUT2D eigenvalue weighted by Crippen LogP contribution is -2.48. The molecule has 5 heterocycles. The van der Waals surface area contributed by atoms with E-state index in [0.29, 0.717) is 54.0 Å². The zero-order valence-electron chi connectivity index (χ0n) is 20.1. The molecule has 0 aliphatic carbocycles. The van der Waals surface area contributed by atoms with Gasteiger partial charge in [0.1, 0.15) is 22.9 Å². The van der Waals surface area contributed by atoms with Gasteiger partial charge in [-0.3, -0.25) is 13.8 Å². The van der Waals surface area contributed by atoms with Crippen LogP contribution >= 0.6 is 0 Å². The number of ether oxygens (including phenoxy) is 1. The highest BCUT2D eigenvalue weighted by Gasteiger charge is 2.23. The fourth-order valence-electron chi connectivity index (χ4n) is 4.21. The molecule has 0 atom stereocenters. The Balaban J connectivity index is 1.38. The van der Waals surface area contributed by atoms with Crippen LogP contribution < -0.4 is 10.6 Å². The van der Waals surface area contributed by atoms with E-state index in [0.717, 1.165) is 11.4 Å². The SMILES string of the molecule is Cc1cccc(-c2nc(CNc3ccccc3F)cn2-c2ccc3ncc(C(=O)NC4COC4)n3c2)n1. The van der Waals surface area contributed by atoms with Crippen LogP contribution in [-0.4, -0.2) is 49.1 Å². The Morgan fingerprint density at radius 1 is 1.08 bits per heavy atom. The van der Waals surface area contributed by atoms with Gasteiger partial charge in [0.25, 0.3) is 5.91 Å². The maximum absolute atomic E-state index is 14.1. The Hall–Kier alpha value is -4.57. The number of carbonyl (C=O) groups excluding carboxylic acids is 1. The topological polar surface area (TPSA) is 98.4 Å². The molecule has 10 heteroatoms. The second-order valence-corrected chi connectivity index (χ2v) is 8.89. The Bertz CT molecular complexity index is 1610. The molecule has 2 N–H and O–H groups in total. The van der Waals surface area contributed by atoms with Gasteiger partial charge in [-0.25, -0.2) is 19.3 Å². The Morgan fingerprint density at radius 2 is 1.95 bits per heavy atom. The van der Waals surface area contributed by atoms with Crippen molar-refractivity contribution in [2.45, 2.75) is 19.5 Å². The van der Waals surface area contributed by atoms with E-state index in [-0.39, 0.29) is 17.8 Å². The Morgan fingerprint density at radius 3 is 2.73 bits per heavy atom. The van der Waals surface area contributed by atoms with Gasteiger partial charge >= 0.3 is 0 Å². The molecule has 1 aromatic carbocycles. The third-order valence-corrected chi connectivity index (χ3v) is 6.18. The number of aryl methyl sites for hydroxylation is 1. The summed E-state index contributed by atoms with van der Waals surface area (Å²) in [6, 6.07) is 16.1. The Labute approximate surface area is 212 Å². The number of hydrogen-bond acceptors (Lipinski definition) is 6. The van der Waals surface area contributed by atoms with Crippen molar-refractivity contribution in [3.63, 3.8) is 0 Å². The molecule has 9 nitrogen and oxygen atoms in total. The molecule has 1 aliphatic heterocycles. The predicted octanol–water partition coefficient (Wildman–Crippen LogP) is 3.77. The number of fused-ring (bicyclic) bond motifs is 1. The molecular formula is C27H24FN7O2. The second kappa shape index (κ2) is 9.47. The van der Waals surface area contributed by atoms with E-state index in [4.69, 9.17) is 9.72 Å². The first-order valence-electron chi connectivity index (χ1n) is 11.9. The largest absolute Gasteiger partial charge is 0.377 e. The number of nitrogens with one attached hydrogen (secondary N) is 2. The predicted molar refractivity (Wildman–Crippen MR) is 136 cm³/mol. The number of hydrogen-bond donors (Lipinski definition) is 2. The maximum atomic E-state index is 14.1. The fourth-order valence-corrected chi connectivity index (χ4v) is 4.21. The van der Waals surface area contributed by atoms with E-state index >= 15 is 0 Å². The highest BCUT2D eigenvalue weighted by molar-refractivity contribution is 5.93. The number of para-hydroxylation sites is 1. The van der Waals surface area contributed by atoms with Crippen LogP contribution in [0.2, 0.25) is 0 Å². The minimum atomic E-state index is -0.327. The van der Waals surface area contributed by atoms with Gasteiger partial charge in [0, 0.05) is 18.1 Å². The van der Waals surface area contributed by atoms with E-state index in [9.17, 15) is 9.18 Å². The van der Waals surface area contributed by atoms with E-state index in [1.807, 2.05) is 54.2 Å². The van der Waals surface area contributed by atoms with Gasteiger partial charge in [-0.2, -0.15) is 0 Å². The number of nitrogens with zero attached hydrogens (tertiary/aromatic N) is 5. The summed E-state index contributed by atoms with van der Waals surface area (Å²) in [5, 5.41) is 6.07. The lowest BCUT2D eigenvalue weighted by molar-refractivity contribution is -0.00356. The quantitative estimate of drug-likeness (QED) is 0.355. The summed E-state index contributed by atoms with van der Waals surface area (Å²) in [5.74, 6) is 0.0948. The van der Waals surface area contributed by atoms with Crippen molar-refractivity contribution in [1.29, 1.82) is 0 Å². The normalized spacial score (nSPS) is 13.5. The highest BCUT2D eigenvalue weighted by Crippen LogP contribution is 2.24. The van der Waals surface area contributed by atoms with E-state index < -0.39 is 0 Å². The first-order valence-corrected chi connectivity index (χ1v) is 11.9. The number of rotatable bonds is 7. The van der Waals surface area contributed by atoms with Gasteiger partial charge in [-0.15, -0.1) is 0 Å². The van der Waals surface area contributed by atoms with Crippen LogP contribution in [-0.2, 0) is 11.3 Å². The lowest BCUT2D eigenvalue weighted by Gasteiger charge is -2.26. The molecule has 6 rings (SSSR count). The summed E-state index contributed by atoms with van der Waals surface area (Å²) in [6.45, 7) is 3.27. The fraction of sp³-hybridized carbons (Fsp3) is 0.185. The molecule has 1 aliphatic rings. The molecular weight excluding hydrogens is 473 g/mol. The number of benzene rings is 1. The van der Waals surface area contributed by atoms with Crippen LogP contribution in [0.15, 0.2) is 73.2 Å². The summed E-state index contributed by atoms with van der Waals surface area (Å²) in [4.78, 5) is 26.7. The van der Waals surface area contributed by atoms with Crippen LogP contribution in [0.3, 0.4) is 0 Å². The zero-order valence-corrected chi connectivity index (χ0v) is 20.1. The number of anilines is 1. The number of amides is 1. The lowest BCUT2D eigenvalue weighted by atomic mass is 10.2. The molecule has 0 unspecified atom stereocenters. The third-order valence-electron chi connectivity index (χ3n) is 6.18. The number of pyridine rings is 2. The van der Waals surface area contributed by atoms with Gasteiger partial charge in [0.15, 0.2) is 5.82 Å². The van der Waals surface area contributed by atoms with E-state index in [2.05, 4.69) is 20.6 Å².